The Morgan fingerprint density at radius 3 is 2.48 bits per heavy atom. The maximum Gasteiger partial charge on any atom is 0.221 e. The van der Waals surface area contributed by atoms with Gasteiger partial charge >= 0.3 is 0 Å². The molecule has 0 saturated carbocycles. The molecule has 0 radical (unpaired) electrons. The lowest BCUT2D eigenvalue weighted by molar-refractivity contribution is 0.0489. The van der Waals surface area contributed by atoms with E-state index in [4.69, 9.17) is 9.84 Å². The Morgan fingerprint density at radius 2 is 1.80 bits per heavy atom. The molecule has 0 spiro atoms. The van der Waals surface area contributed by atoms with E-state index in [1.807, 2.05) is 37.0 Å². The van der Waals surface area contributed by atoms with Crippen molar-refractivity contribution in [2.75, 3.05) is 37.7 Å². The van der Waals surface area contributed by atoms with Crippen LogP contribution in [0.4, 0.5) is 5.69 Å². The van der Waals surface area contributed by atoms with Crippen molar-refractivity contribution in [3.8, 4) is 0 Å². The van der Waals surface area contributed by atoms with Crippen molar-refractivity contribution in [2.24, 2.45) is 10.5 Å². The first-order chi connectivity index (χ1) is 11.9. The zero-order chi connectivity index (χ0) is 17.7. The SMILES string of the molecule is CC1(C)CC2=NN(c3ccccc3)[P@](C)(=O)C2=C(N2CCOCC2)C1. The van der Waals surface area contributed by atoms with Crippen LogP contribution in [0.15, 0.2) is 46.4 Å². The zero-order valence-corrected chi connectivity index (χ0v) is 16.1. The third-order valence-electron chi connectivity index (χ3n) is 5.21. The van der Waals surface area contributed by atoms with Crippen molar-refractivity contribution < 1.29 is 9.30 Å². The molecule has 1 aromatic carbocycles. The van der Waals surface area contributed by atoms with E-state index in [1.165, 1.54) is 5.70 Å². The topological polar surface area (TPSA) is 45.1 Å². The summed E-state index contributed by atoms with van der Waals surface area (Å²) in [7, 11) is -2.76. The lowest BCUT2D eigenvalue weighted by atomic mass is 9.78. The van der Waals surface area contributed by atoms with E-state index in [2.05, 4.69) is 18.7 Å². The molecule has 25 heavy (non-hydrogen) atoms. The van der Waals surface area contributed by atoms with Gasteiger partial charge in [-0.15, -0.1) is 0 Å². The number of rotatable bonds is 2. The summed E-state index contributed by atoms with van der Waals surface area (Å²) in [5.41, 5.74) is 3.26. The van der Waals surface area contributed by atoms with Gasteiger partial charge in [0.05, 0.1) is 29.9 Å². The first kappa shape index (κ1) is 16.9. The molecule has 0 amide bonds. The Bertz CT molecular complexity index is 779. The van der Waals surface area contributed by atoms with E-state index in [1.54, 1.807) is 4.78 Å². The van der Waals surface area contributed by atoms with E-state index in [0.717, 1.165) is 55.9 Å². The summed E-state index contributed by atoms with van der Waals surface area (Å²) in [5, 5.41) is 5.84. The minimum atomic E-state index is -2.76. The molecule has 1 atom stereocenters. The number of fused-ring (bicyclic) bond motifs is 1. The summed E-state index contributed by atoms with van der Waals surface area (Å²) in [4.78, 5) is 2.37. The summed E-state index contributed by atoms with van der Waals surface area (Å²) in [6, 6.07) is 9.88. The van der Waals surface area contributed by atoms with Crippen LogP contribution in [0.2, 0.25) is 0 Å². The van der Waals surface area contributed by atoms with E-state index >= 15 is 0 Å². The minimum absolute atomic E-state index is 0.128. The largest absolute Gasteiger partial charge is 0.378 e. The van der Waals surface area contributed by atoms with Crippen LogP contribution in [0.1, 0.15) is 26.7 Å². The summed E-state index contributed by atoms with van der Waals surface area (Å²) < 4.78 is 21.2. The maximum atomic E-state index is 13.9. The van der Waals surface area contributed by atoms with Crippen LogP contribution in [0.25, 0.3) is 0 Å². The molecule has 4 rings (SSSR count). The molecule has 5 nitrogen and oxygen atoms in total. The number of nitrogens with zero attached hydrogens (tertiary/aromatic N) is 3. The average molecular weight is 359 g/mol. The van der Waals surface area contributed by atoms with E-state index in [-0.39, 0.29) is 5.41 Å². The number of hydrogen-bond donors (Lipinski definition) is 0. The van der Waals surface area contributed by atoms with Crippen molar-refractivity contribution in [1.82, 2.24) is 4.90 Å². The van der Waals surface area contributed by atoms with Crippen molar-refractivity contribution in [2.45, 2.75) is 26.7 Å². The Kier molecular flexibility index (Phi) is 4.04. The number of hydrogen-bond acceptors (Lipinski definition) is 4. The summed E-state index contributed by atoms with van der Waals surface area (Å²) in [5.74, 6) is 0. The summed E-state index contributed by atoms with van der Waals surface area (Å²) >= 11 is 0. The van der Waals surface area contributed by atoms with E-state index in [9.17, 15) is 4.57 Å². The van der Waals surface area contributed by atoms with Crippen molar-refractivity contribution in [3.63, 3.8) is 0 Å². The third kappa shape index (κ3) is 2.94. The average Bonchev–Trinajstić information content (AvgIpc) is 2.85. The number of hydrazone groups is 1. The predicted octanol–water partition coefficient (Wildman–Crippen LogP) is 4.13. The molecule has 134 valence electrons. The molecule has 1 aliphatic carbocycles. The lowest BCUT2D eigenvalue weighted by Gasteiger charge is -2.40. The highest BCUT2D eigenvalue weighted by Gasteiger charge is 2.47. The Labute approximate surface area is 149 Å². The quantitative estimate of drug-likeness (QED) is 0.745. The zero-order valence-electron chi connectivity index (χ0n) is 15.2. The highest BCUT2D eigenvalue weighted by atomic mass is 31.2. The van der Waals surface area contributed by atoms with Crippen molar-refractivity contribution >= 4 is 18.7 Å². The monoisotopic (exact) mass is 359 g/mol. The summed E-state index contributed by atoms with van der Waals surface area (Å²) in [6.45, 7) is 9.63. The van der Waals surface area contributed by atoms with Gasteiger partial charge in [-0.05, 0) is 30.4 Å². The van der Waals surface area contributed by atoms with Crippen molar-refractivity contribution in [1.29, 1.82) is 0 Å². The molecule has 2 aliphatic heterocycles. The van der Waals surface area contributed by atoms with Gasteiger partial charge in [-0.3, -0.25) is 4.57 Å². The Morgan fingerprint density at radius 1 is 1.12 bits per heavy atom. The fraction of sp³-hybridized carbons (Fsp3) is 0.526. The van der Waals surface area contributed by atoms with Crippen LogP contribution in [-0.4, -0.2) is 43.6 Å². The fourth-order valence-corrected chi connectivity index (χ4v) is 6.44. The standard InChI is InChI=1S/C19H26N3O2P/c1-19(2)13-16-18(17(14-19)21-9-11-24-12-10-21)25(3,23)22(20-16)15-7-5-4-6-8-15/h4-8H,9-14H2,1-3H3/t25-/m1/s1. The van der Waals surface area contributed by atoms with E-state index < -0.39 is 7.29 Å². The molecule has 0 N–H and O–H groups in total. The van der Waals surface area contributed by atoms with E-state index in [0.29, 0.717) is 0 Å². The minimum Gasteiger partial charge on any atom is -0.378 e. The van der Waals surface area contributed by atoms with Crippen molar-refractivity contribution in [3.05, 3.63) is 41.3 Å². The van der Waals surface area contributed by atoms with Gasteiger partial charge in [0.1, 0.15) is 0 Å². The molecule has 1 aromatic rings. The smallest absolute Gasteiger partial charge is 0.221 e. The molecule has 0 unspecified atom stereocenters. The highest BCUT2D eigenvalue weighted by molar-refractivity contribution is 7.70. The fourth-order valence-electron chi connectivity index (χ4n) is 4.09. The second kappa shape index (κ2) is 6.00. The number of allylic oxidation sites excluding steroid dienone is 2. The maximum absolute atomic E-state index is 13.9. The molecular weight excluding hydrogens is 333 g/mol. The normalized spacial score (nSPS) is 28.8. The van der Waals surface area contributed by atoms with Gasteiger partial charge in [0.2, 0.25) is 7.29 Å². The molecule has 0 bridgehead atoms. The van der Waals surface area contributed by atoms with Crippen LogP contribution >= 0.6 is 7.29 Å². The molecule has 3 aliphatic rings. The number of benzene rings is 1. The van der Waals surface area contributed by atoms with Crippen LogP contribution in [0, 0.1) is 5.41 Å². The molecule has 0 aromatic heterocycles. The van der Waals surface area contributed by atoms with Crippen LogP contribution in [-0.2, 0) is 9.30 Å². The van der Waals surface area contributed by atoms with Crippen LogP contribution in [0.5, 0.6) is 0 Å². The first-order valence-corrected chi connectivity index (χ1v) is 11.1. The molecule has 6 heteroatoms. The molecule has 1 fully saturated rings. The van der Waals surface area contributed by atoms with Gasteiger partial charge in [-0.25, -0.2) is 4.78 Å². The molecule has 2 heterocycles. The van der Waals surface area contributed by atoms with Gasteiger partial charge in [-0.2, -0.15) is 5.10 Å². The van der Waals surface area contributed by atoms with Gasteiger partial charge < -0.3 is 9.64 Å². The molecule has 1 saturated heterocycles. The van der Waals surface area contributed by atoms with Gasteiger partial charge in [-0.1, -0.05) is 32.0 Å². The number of anilines is 1. The van der Waals surface area contributed by atoms with Gasteiger partial charge in [0.15, 0.2) is 0 Å². The highest BCUT2D eigenvalue weighted by Crippen LogP contribution is 2.64. The number of para-hydroxylation sites is 1. The Hall–Kier alpha value is -1.58. The van der Waals surface area contributed by atoms with Crippen LogP contribution in [0.3, 0.4) is 0 Å². The predicted molar refractivity (Wildman–Crippen MR) is 102 cm³/mol. The van der Waals surface area contributed by atoms with Gasteiger partial charge in [0.25, 0.3) is 0 Å². The molecular formula is C19H26N3O2P. The number of morpholine rings is 1. The van der Waals surface area contributed by atoms with Gasteiger partial charge in [0, 0.05) is 25.5 Å². The second-order valence-corrected chi connectivity index (χ2v) is 10.5. The first-order valence-electron chi connectivity index (χ1n) is 8.96. The Balaban J connectivity index is 1.83. The summed E-state index contributed by atoms with van der Waals surface area (Å²) in [6.07, 6.45) is 1.82. The number of ether oxygens (including phenoxy) is 1. The third-order valence-corrected chi connectivity index (χ3v) is 7.60. The second-order valence-electron chi connectivity index (χ2n) is 7.96. The lowest BCUT2D eigenvalue weighted by Crippen LogP contribution is -2.40. The van der Waals surface area contributed by atoms with Crippen LogP contribution < -0.4 is 4.78 Å².